The number of terminal acetylenes is 1. The fraction of sp³-hybridized carbons (Fsp3) is 0.571. The Hall–Kier alpha value is -0.940. The molecular formula is C7H10O6S. The number of carbonyl (C=O) groups excluding carboxylic acids is 1. The lowest BCUT2D eigenvalue weighted by molar-refractivity contribution is 0.0305. The zero-order valence-electron chi connectivity index (χ0n) is 7.21. The zero-order valence-corrected chi connectivity index (χ0v) is 8.03. The Balaban J connectivity index is 2.26. The maximum absolute atomic E-state index is 10.8. The SMILES string of the molecule is C#CCOC(=O)OC1COS(O)(O)C1. The highest BCUT2D eigenvalue weighted by Gasteiger charge is 2.35. The standard InChI is InChI=1S/C7H10O6S/c1-2-3-11-7(8)13-6-4-12-14(9,10)5-6/h1,6,9-10H,3-5H2. The van der Waals surface area contributed by atoms with Gasteiger partial charge in [-0.1, -0.05) is 5.92 Å². The molecule has 1 heterocycles. The lowest BCUT2D eigenvalue weighted by Gasteiger charge is -2.17. The lowest BCUT2D eigenvalue weighted by Crippen LogP contribution is -2.22. The first-order valence-corrected chi connectivity index (χ1v) is 5.35. The summed E-state index contributed by atoms with van der Waals surface area (Å²) in [6.45, 7) is -0.226. The third kappa shape index (κ3) is 3.43. The molecule has 1 unspecified atom stereocenters. The predicted octanol–water partition coefficient (Wildman–Crippen LogP) is 0.837. The van der Waals surface area contributed by atoms with Crippen LogP contribution in [-0.4, -0.2) is 40.3 Å². The molecule has 7 heteroatoms. The molecule has 0 aromatic carbocycles. The highest BCUT2D eigenvalue weighted by atomic mass is 32.3. The Morgan fingerprint density at radius 3 is 2.93 bits per heavy atom. The van der Waals surface area contributed by atoms with Crippen molar-refractivity contribution in [2.24, 2.45) is 0 Å². The van der Waals surface area contributed by atoms with Crippen LogP contribution in [0.1, 0.15) is 0 Å². The van der Waals surface area contributed by atoms with E-state index >= 15 is 0 Å². The van der Waals surface area contributed by atoms with E-state index in [1.54, 1.807) is 0 Å². The van der Waals surface area contributed by atoms with Gasteiger partial charge in [-0.15, -0.1) is 6.42 Å². The summed E-state index contributed by atoms with van der Waals surface area (Å²) in [6, 6.07) is 0. The molecule has 1 aliphatic rings. The molecule has 1 fully saturated rings. The second kappa shape index (κ2) is 4.52. The molecule has 1 rings (SSSR count). The van der Waals surface area contributed by atoms with Crippen LogP contribution in [0.5, 0.6) is 0 Å². The van der Waals surface area contributed by atoms with E-state index in [4.69, 9.17) is 15.5 Å². The summed E-state index contributed by atoms with van der Waals surface area (Å²) >= 11 is 0. The van der Waals surface area contributed by atoms with E-state index in [1.165, 1.54) is 0 Å². The van der Waals surface area contributed by atoms with Gasteiger partial charge in [0.2, 0.25) is 0 Å². The quantitative estimate of drug-likeness (QED) is 0.532. The number of rotatable bonds is 2. The molecule has 0 saturated carbocycles. The zero-order chi connectivity index (χ0) is 10.6. The number of hydrogen-bond donors (Lipinski definition) is 2. The van der Waals surface area contributed by atoms with E-state index in [0.29, 0.717) is 0 Å². The maximum atomic E-state index is 10.8. The lowest BCUT2D eigenvalue weighted by atomic mass is 10.4. The van der Waals surface area contributed by atoms with Crippen molar-refractivity contribution in [3.8, 4) is 12.3 Å². The largest absolute Gasteiger partial charge is 0.509 e. The fourth-order valence-electron chi connectivity index (χ4n) is 0.862. The maximum Gasteiger partial charge on any atom is 0.509 e. The van der Waals surface area contributed by atoms with Crippen molar-refractivity contribution in [2.75, 3.05) is 19.0 Å². The fourth-order valence-corrected chi connectivity index (χ4v) is 1.98. The molecule has 0 amide bonds. The highest BCUT2D eigenvalue weighted by Crippen LogP contribution is 2.45. The molecule has 6 nitrogen and oxygen atoms in total. The van der Waals surface area contributed by atoms with Gasteiger partial charge in [0.05, 0.1) is 16.6 Å². The van der Waals surface area contributed by atoms with Crippen LogP contribution in [0.3, 0.4) is 0 Å². The van der Waals surface area contributed by atoms with Gasteiger partial charge in [-0.25, -0.2) is 4.79 Å². The summed E-state index contributed by atoms with van der Waals surface area (Å²) in [5.41, 5.74) is 0. The van der Waals surface area contributed by atoms with Crippen LogP contribution < -0.4 is 0 Å². The Bertz CT molecular complexity index is 257. The molecule has 80 valence electrons. The van der Waals surface area contributed by atoms with E-state index in [0.717, 1.165) is 0 Å². The number of carbonyl (C=O) groups is 1. The Morgan fingerprint density at radius 1 is 1.71 bits per heavy atom. The second-order valence-corrected chi connectivity index (χ2v) is 4.32. The summed E-state index contributed by atoms with van der Waals surface area (Å²) in [7, 11) is -3.03. The number of ether oxygens (including phenoxy) is 2. The minimum atomic E-state index is -3.03. The van der Waals surface area contributed by atoms with Crippen molar-refractivity contribution in [1.29, 1.82) is 0 Å². The summed E-state index contributed by atoms with van der Waals surface area (Å²) in [6.07, 6.45) is 3.22. The summed E-state index contributed by atoms with van der Waals surface area (Å²) in [5, 5.41) is 0. The van der Waals surface area contributed by atoms with E-state index in [-0.39, 0.29) is 19.0 Å². The monoisotopic (exact) mass is 222 g/mol. The van der Waals surface area contributed by atoms with E-state index in [2.05, 4.69) is 19.6 Å². The van der Waals surface area contributed by atoms with Crippen LogP contribution in [0.15, 0.2) is 0 Å². The second-order valence-electron chi connectivity index (χ2n) is 2.54. The average molecular weight is 222 g/mol. The van der Waals surface area contributed by atoms with Gasteiger partial charge < -0.3 is 18.6 Å². The first kappa shape index (κ1) is 11.1. The molecule has 0 aromatic heterocycles. The van der Waals surface area contributed by atoms with Crippen molar-refractivity contribution >= 4 is 17.0 Å². The van der Waals surface area contributed by atoms with Gasteiger partial charge in [0, 0.05) is 0 Å². The topological polar surface area (TPSA) is 85.2 Å². The Morgan fingerprint density at radius 2 is 2.43 bits per heavy atom. The molecule has 0 aromatic rings. The minimum absolute atomic E-state index is 0.0481. The van der Waals surface area contributed by atoms with Crippen molar-refractivity contribution in [1.82, 2.24) is 0 Å². The molecule has 14 heavy (non-hydrogen) atoms. The molecule has 0 aliphatic carbocycles. The van der Waals surface area contributed by atoms with Crippen molar-refractivity contribution in [3.63, 3.8) is 0 Å². The van der Waals surface area contributed by atoms with Crippen LogP contribution in [0.2, 0.25) is 0 Å². The van der Waals surface area contributed by atoms with E-state index in [9.17, 15) is 4.79 Å². The first-order chi connectivity index (χ1) is 6.53. The van der Waals surface area contributed by atoms with Crippen LogP contribution in [0, 0.1) is 12.3 Å². The third-order valence-corrected chi connectivity index (χ3v) is 2.70. The predicted molar refractivity (Wildman–Crippen MR) is 48.7 cm³/mol. The minimum Gasteiger partial charge on any atom is -0.427 e. The summed E-state index contributed by atoms with van der Waals surface area (Å²) < 4.78 is 31.7. The third-order valence-electron chi connectivity index (χ3n) is 1.38. The highest BCUT2D eigenvalue weighted by molar-refractivity contribution is 8.20. The normalized spacial score (nSPS) is 26.2. The van der Waals surface area contributed by atoms with Gasteiger partial charge in [-0.05, 0) is 0 Å². The molecule has 0 spiro atoms. The van der Waals surface area contributed by atoms with E-state index in [1.807, 2.05) is 0 Å². The molecule has 1 aliphatic heterocycles. The molecule has 0 radical (unpaired) electrons. The molecular weight excluding hydrogens is 212 g/mol. The molecule has 1 saturated heterocycles. The van der Waals surface area contributed by atoms with Gasteiger partial charge in [-0.3, -0.25) is 4.18 Å². The molecule has 2 N–H and O–H groups in total. The van der Waals surface area contributed by atoms with Gasteiger partial charge in [0.1, 0.15) is 12.7 Å². The van der Waals surface area contributed by atoms with Gasteiger partial charge in [0.25, 0.3) is 0 Å². The van der Waals surface area contributed by atoms with Gasteiger partial charge >= 0.3 is 6.16 Å². The van der Waals surface area contributed by atoms with Crippen LogP contribution in [0.4, 0.5) is 4.79 Å². The van der Waals surface area contributed by atoms with Gasteiger partial charge in [-0.2, -0.15) is 0 Å². The summed E-state index contributed by atoms with van der Waals surface area (Å²) in [4.78, 5) is 10.8. The van der Waals surface area contributed by atoms with Crippen molar-refractivity contribution < 1.29 is 27.6 Å². The van der Waals surface area contributed by atoms with Crippen LogP contribution in [-0.2, 0) is 13.7 Å². The van der Waals surface area contributed by atoms with E-state index < -0.39 is 23.1 Å². The average Bonchev–Trinajstić information content (AvgIpc) is 2.42. The first-order valence-electron chi connectivity index (χ1n) is 3.70. The number of hydrogen-bond acceptors (Lipinski definition) is 6. The molecule has 1 atom stereocenters. The van der Waals surface area contributed by atoms with Crippen LogP contribution >= 0.6 is 10.9 Å². The van der Waals surface area contributed by atoms with Crippen molar-refractivity contribution in [2.45, 2.75) is 6.10 Å². The Labute approximate surface area is 82.7 Å². The Kier molecular flexibility index (Phi) is 3.60. The molecule has 0 bridgehead atoms. The smallest absolute Gasteiger partial charge is 0.427 e. The van der Waals surface area contributed by atoms with Crippen LogP contribution in [0.25, 0.3) is 0 Å². The summed E-state index contributed by atoms with van der Waals surface area (Å²) in [5.74, 6) is 1.97. The van der Waals surface area contributed by atoms with Gasteiger partial charge in [0.15, 0.2) is 6.61 Å². The van der Waals surface area contributed by atoms with Crippen molar-refractivity contribution in [3.05, 3.63) is 0 Å².